The lowest BCUT2D eigenvalue weighted by Crippen LogP contribution is -2.41. The molecule has 37 heteroatoms. The van der Waals surface area contributed by atoms with Crippen LogP contribution in [0, 0.1) is 79.9 Å². The summed E-state index contributed by atoms with van der Waals surface area (Å²) in [7, 11) is 0. The van der Waals surface area contributed by atoms with Crippen LogP contribution in [-0.2, 0) is 36.5 Å². The number of halogens is 2. The Bertz CT molecular complexity index is 4710. The smallest absolute Gasteiger partial charge is 0.351 e. The molecular weight excluding hydrogens is 1390 g/mol. The number of nitrogens with one attached hydrogen (secondary N) is 4. The van der Waals surface area contributed by atoms with Crippen LogP contribution in [-0.4, -0.2) is 190 Å². The van der Waals surface area contributed by atoms with Crippen molar-refractivity contribution < 1.29 is 79.1 Å². The monoisotopic (exact) mass is 1460 g/mol. The van der Waals surface area contributed by atoms with Crippen LogP contribution in [0.1, 0.15) is 99.3 Å². The highest BCUT2D eigenvalue weighted by molar-refractivity contribution is 9.11. The van der Waals surface area contributed by atoms with Crippen molar-refractivity contribution in [1.82, 2.24) is 47.8 Å². The Morgan fingerprint density at radius 3 is 1.14 bits per heavy atom. The molecule has 0 amide bonds. The Morgan fingerprint density at radius 1 is 0.500 bits per heavy atom. The summed E-state index contributed by atoms with van der Waals surface area (Å²) in [6, 6.07) is 0. The van der Waals surface area contributed by atoms with E-state index in [1.165, 1.54) is 32.6 Å². The van der Waals surface area contributed by atoms with Gasteiger partial charge in [0.2, 0.25) is 5.82 Å². The molecule has 16 N–H and O–H groups in total. The number of H-pyrrole nitrogens is 4. The predicted molar refractivity (Wildman–Crippen MR) is 350 cm³/mol. The highest BCUT2D eigenvalue weighted by Crippen LogP contribution is 2.40. The van der Waals surface area contributed by atoms with E-state index in [0.29, 0.717) is 30.2 Å². The van der Waals surface area contributed by atoms with E-state index in [4.69, 9.17) is 68.0 Å². The molecule has 15 atom stereocenters. The molecule has 5 aromatic rings. The predicted octanol–water partition coefficient (Wildman–Crippen LogP) is -6.20. The van der Waals surface area contributed by atoms with Gasteiger partial charge in [-0.3, -0.25) is 61.9 Å². The van der Waals surface area contributed by atoms with E-state index in [9.17, 15) is 98.6 Å². The lowest BCUT2D eigenvalue weighted by atomic mass is 9.99. The van der Waals surface area contributed by atoms with Crippen LogP contribution in [0.25, 0.3) is 6.08 Å². The summed E-state index contributed by atoms with van der Waals surface area (Å²) >= 11 is 3.05. The average molecular weight is 1460 g/mol. The Kier molecular flexibility index (Phi) is 26.2. The first-order valence-corrected chi connectivity index (χ1v) is 30.6. The van der Waals surface area contributed by atoms with Crippen molar-refractivity contribution >= 4 is 27.8 Å². The highest BCUT2D eigenvalue weighted by atomic mass is 79.9. The van der Waals surface area contributed by atoms with E-state index in [1.807, 2.05) is 11.9 Å². The van der Waals surface area contributed by atoms with Gasteiger partial charge in [-0.2, -0.15) is 9.37 Å². The van der Waals surface area contributed by atoms with Crippen LogP contribution < -0.4 is 56.4 Å². The molecule has 0 radical (unpaired) electrons. The lowest BCUT2D eigenvalue weighted by molar-refractivity contribution is -0.0914. The molecule has 5 aliphatic heterocycles. The van der Waals surface area contributed by atoms with E-state index in [2.05, 4.69) is 66.4 Å². The van der Waals surface area contributed by atoms with Gasteiger partial charge in [0, 0.05) is 68.0 Å². The second-order valence-electron chi connectivity index (χ2n) is 22.5. The minimum Gasteiger partial charge on any atom is -0.392 e. The third kappa shape index (κ3) is 16.1. The number of nitrogens with two attached hydrogens (primary N) is 1. The number of terminal acetylenes is 6. The van der Waals surface area contributed by atoms with Crippen LogP contribution in [0.5, 0.6) is 0 Å². The molecule has 5 fully saturated rings. The van der Waals surface area contributed by atoms with Gasteiger partial charge in [-0.15, -0.1) is 38.5 Å². The molecule has 0 bridgehead atoms. The molecule has 0 spiro atoms. The summed E-state index contributed by atoms with van der Waals surface area (Å²) in [5.41, 5.74) is -7.20. The molecule has 10 rings (SSSR count). The summed E-state index contributed by atoms with van der Waals surface area (Å²) < 4.78 is 45.6. The molecule has 0 unspecified atom stereocenters. The maximum atomic E-state index is 13.2. The number of hydrogen-bond donors (Lipinski definition) is 15. The number of aromatic nitrogens is 10. The molecule has 534 valence electrons. The first-order chi connectivity index (χ1) is 47.3. The molecule has 0 aliphatic carbocycles. The third-order valence-electron chi connectivity index (χ3n) is 16.6. The van der Waals surface area contributed by atoms with E-state index in [-0.39, 0.29) is 49.0 Å². The molecule has 10 heterocycles. The first kappa shape index (κ1) is 79.3. The fourth-order valence-corrected chi connectivity index (χ4v) is 10.9. The maximum Gasteiger partial charge on any atom is 0.351 e. The normalized spacial score (nSPS) is 29.3. The van der Waals surface area contributed by atoms with Crippen molar-refractivity contribution in [2.24, 2.45) is 0 Å². The van der Waals surface area contributed by atoms with Crippen molar-refractivity contribution in [2.45, 2.75) is 148 Å². The Hall–Kier alpha value is -9.69. The van der Waals surface area contributed by atoms with E-state index >= 15 is 0 Å². The number of hydrogen-bond acceptors (Lipinski definition) is 26. The Morgan fingerprint density at radius 2 is 0.810 bits per heavy atom. The van der Waals surface area contributed by atoms with Gasteiger partial charge in [-0.05, 0) is 23.9 Å². The van der Waals surface area contributed by atoms with Gasteiger partial charge in [0.15, 0.2) is 28.0 Å². The van der Waals surface area contributed by atoms with Gasteiger partial charge in [0.05, 0.1) is 44.8 Å². The molecule has 5 saturated heterocycles. The molecule has 0 aromatic carbocycles. The zero-order valence-electron chi connectivity index (χ0n) is 53.0. The number of rotatable bonds is 13. The SMILES string of the molecule is C#C[C@]1(CO)O[C@@H](n2cc(C=CBr)c(=O)[nH]c2=O)C[C@@H]1O.C#C[C@]1(CO)O[C@@H](n2cc(CC)c(=O)[nH]c2=O)C[C@@H]1O.C#C[C@]1(CO)O[C@@H](n2cc(CC)c(N)nc2=O)C[C@@H]1O.C#C[C@]1(CO)O[C@@H](n2cc(F)c(=O)[nH]c2=O)C[C@@H]1O.C#Cc1cn([C@H]2C[C@H](O)[C@@](C#C)(CO)O2)c(=O)[nH]c1=O. The summed E-state index contributed by atoms with van der Waals surface area (Å²) in [5.74, 6) is 12.1. The third-order valence-corrected chi connectivity index (χ3v) is 16.9. The minimum atomic E-state index is -1.64. The fourth-order valence-electron chi connectivity index (χ4n) is 10.6. The number of anilines is 1. The minimum absolute atomic E-state index is 0.0132. The summed E-state index contributed by atoms with van der Waals surface area (Å²) in [5, 5.41) is 95.9. The van der Waals surface area contributed by atoms with E-state index in [1.54, 1.807) is 18.1 Å². The van der Waals surface area contributed by atoms with Gasteiger partial charge >= 0.3 is 28.4 Å². The molecule has 5 aliphatic rings. The summed E-state index contributed by atoms with van der Waals surface area (Å²) in [4.78, 5) is 118. The van der Waals surface area contributed by atoms with Crippen LogP contribution in [0.4, 0.5) is 10.2 Å². The number of aromatic amines is 4. The fraction of sp³-hybridized carbons (Fsp3) is 0.460. The van der Waals surface area contributed by atoms with Crippen LogP contribution in [0.2, 0.25) is 0 Å². The Balaban J connectivity index is 0.000000197. The van der Waals surface area contributed by atoms with Gasteiger partial charge in [0.25, 0.3) is 22.2 Å². The van der Waals surface area contributed by atoms with Crippen LogP contribution in [0.3, 0.4) is 0 Å². The summed E-state index contributed by atoms with van der Waals surface area (Å²) in [6.07, 6.45) is 30.0. The number of aryl methyl sites for hydroxylation is 2. The number of ether oxygens (including phenoxy) is 5. The molecule has 0 saturated carbocycles. The number of nitrogens with zero attached hydrogens (tertiary/aromatic N) is 6. The van der Waals surface area contributed by atoms with Crippen LogP contribution >= 0.6 is 15.9 Å². The first-order valence-electron chi connectivity index (χ1n) is 29.7. The van der Waals surface area contributed by atoms with Gasteiger partial charge < -0.3 is 80.5 Å². The van der Waals surface area contributed by atoms with Gasteiger partial charge in [0.1, 0.15) is 73.0 Å². The topological polar surface area (TPSA) is 529 Å². The largest absolute Gasteiger partial charge is 0.392 e. The quantitative estimate of drug-likeness (QED) is 0.0488. The van der Waals surface area contributed by atoms with E-state index in [0.717, 1.165) is 19.9 Å². The standard InChI is InChI=1S/C13H13BrN2O5.C13H17N3O4.C13H16N2O5.C13H12N2O5.C11H11FN2O5/c1-2-13(7-17)9(18)5-10(21-13)16-6-8(3-4-14)11(19)15-12(16)20;1-3-8-6-16(12(19)15-11(8)14)10-5-9(18)13(4-2,7-17)20-10;2*1-3-8-6-15(12(19)14-11(8)18)10-5-9(17)13(4-2,7-16)20-10;1-2-11(5-15)7(16)3-8(19-11)14-4-6(12)9(17)13-10(14)18/h1,3-4,6,9-10,17-18H,5,7H2,(H,15,19,20);2,6,9-10,17-18H,3,5,7H2,1H3,(H2,14,15,19);2,6,9-10,16-17H,3,5,7H2,1H3,(H,14,18,19);1-2,6,9-10,16-17H,5,7H2,(H,14,18,19);1,4,7-8,15-16H,3,5H2,(H,13,17,18)/t4*9-,10+,13+;7-,8+,11+/m00000/s1. The number of aliphatic hydroxyl groups is 10. The second kappa shape index (κ2) is 33.0. The highest BCUT2D eigenvalue weighted by Gasteiger charge is 2.52. The molecular formula is C63H69BrFN11O24. The summed E-state index contributed by atoms with van der Waals surface area (Å²) in [6.45, 7) is 0.754. The van der Waals surface area contributed by atoms with Crippen molar-refractivity contribution in [3.05, 3.63) is 158 Å². The molecule has 5 aromatic heterocycles. The maximum absolute atomic E-state index is 13.2. The van der Waals surface area contributed by atoms with Crippen molar-refractivity contribution in [3.63, 3.8) is 0 Å². The zero-order chi connectivity index (χ0) is 74.6. The Labute approximate surface area is 571 Å². The van der Waals surface area contributed by atoms with Gasteiger partial charge in [-0.25, -0.2) is 24.0 Å². The van der Waals surface area contributed by atoms with Crippen molar-refractivity contribution in [1.29, 1.82) is 0 Å². The molecule has 35 nitrogen and oxygen atoms in total. The van der Waals surface area contributed by atoms with Gasteiger partial charge in [-0.1, -0.05) is 65.3 Å². The molecule has 100 heavy (non-hydrogen) atoms. The second-order valence-corrected chi connectivity index (χ2v) is 23.0. The van der Waals surface area contributed by atoms with Crippen molar-refractivity contribution in [2.75, 3.05) is 38.8 Å². The van der Waals surface area contributed by atoms with E-state index < -0.39 is 179 Å². The number of nitrogen functional groups attached to an aromatic ring is 1. The lowest BCUT2D eigenvalue weighted by Gasteiger charge is -2.24. The van der Waals surface area contributed by atoms with Crippen molar-refractivity contribution in [3.8, 4) is 74.1 Å². The van der Waals surface area contributed by atoms with Crippen LogP contribution in [0.15, 0.2) is 79.1 Å². The number of aliphatic hydroxyl groups excluding tert-OH is 10. The zero-order valence-corrected chi connectivity index (χ0v) is 54.6. The average Bonchev–Trinajstić information content (AvgIpc) is 1.65.